The van der Waals surface area contributed by atoms with Crippen LogP contribution in [-0.4, -0.2) is 15.9 Å². The highest BCUT2D eigenvalue weighted by molar-refractivity contribution is 7.98. The van der Waals surface area contributed by atoms with Gasteiger partial charge in [0.2, 0.25) is 0 Å². The van der Waals surface area contributed by atoms with Gasteiger partial charge in [-0.3, -0.25) is 0 Å². The van der Waals surface area contributed by atoms with E-state index < -0.39 is 5.23 Å². The van der Waals surface area contributed by atoms with Crippen LogP contribution in [0.3, 0.4) is 0 Å². The fourth-order valence-corrected chi connectivity index (χ4v) is 1.87. The Bertz CT molecular complexity index is 455. The quantitative estimate of drug-likeness (QED) is 0.581. The zero-order chi connectivity index (χ0) is 10.1. The van der Waals surface area contributed by atoms with Crippen molar-refractivity contribution in [2.75, 3.05) is 6.26 Å². The number of hydrogen-bond acceptors (Lipinski definition) is 4. The summed E-state index contributed by atoms with van der Waals surface area (Å²) >= 11 is 1.30. The summed E-state index contributed by atoms with van der Waals surface area (Å²) in [5.41, 5.74) is 0.731. The maximum absolute atomic E-state index is 10.9. The standard InChI is InChI=1S/C8H8N3O2S/c1-14-8-7(11(12)13)6-4-2-3-5-10(6)9-8/h2-5,11H,1H3/q-1. The summed E-state index contributed by atoms with van der Waals surface area (Å²) in [4.78, 5) is 0. The van der Waals surface area contributed by atoms with Crippen molar-refractivity contribution in [3.63, 3.8) is 0 Å². The summed E-state index contributed by atoms with van der Waals surface area (Å²) < 4.78 is 1.54. The van der Waals surface area contributed by atoms with Gasteiger partial charge in [0.15, 0.2) is 10.7 Å². The smallest absolute Gasteiger partial charge is 0.191 e. The second kappa shape index (κ2) is 3.58. The molecule has 2 heterocycles. The van der Waals surface area contributed by atoms with Gasteiger partial charge in [-0.2, -0.15) is 5.10 Å². The number of quaternary nitrogens is 1. The van der Waals surface area contributed by atoms with Gasteiger partial charge in [0, 0.05) is 6.20 Å². The van der Waals surface area contributed by atoms with Crippen LogP contribution in [0.2, 0.25) is 0 Å². The van der Waals surface area contributed by atoms with Crippen molar-refractivity contribution in [1.82, 2.24) is 9.61 Å². The molecule has 0 bridgehead atoms. The van der Waals surface area contributed by atoms with E-state index in [4.69, 9.17) is 0 Å². The van der Waals surface area contributed by atoms with Crippen LogP contribution in [0.4, 0.5) is 5.69 Å². The van der Waals surface area contributed by atoms with Gasteiger partial charge >= 0.3 is 0 Å². The molecule has 2 rings (SSSR count). The van der Waals surface area contributed by atoms with E-state index in [1.165, 1.54) is 16.3 Å². The Balaban J connectivity index is 2.74. The highest BCUT2D eigenvalue weighted by Crippen LogP contribution is 2.24. The molecule has 6 heteroatoms. The highest BCUT2D eigenvalue weighted by Gasteiger charge is 2.14. The first-order valence-electron chi connectivity index (χ1n) is 3.96. The molecule has 0 radical (unpaired) electrons. The van der Waals surface area contributed by atoms with E-state index in [9.17, 15) is 10.4 Å². The number of rotatable bonds is 2. The molecule has 0 aromatic carbocycles. The predicted molar refractivity (Wildman–Crippen MR) is 54.3 cm³/mol. The summed E-state index contributed by atoms with van der Waals surface area (Å²) in [7, 11) is 0. The maximum Gasteiger partial charge on any atom is 0.191 e. The third-order valence-corrected chi connectivity index (χ3v) is 2.58. The normalized spacial score (nSPS) is 11.4. The lowest BCUT2D eigenvalue weighted by Gasteiger charge is -2.24. The molecule has 2 aromatic rings. The molecule has 0 aliphatic heterocycles. The monoisotopic (exact) mass is 210 g/mol. The molecule has 0 aliphatic carbocycles. The van der Waals surface area contributed by atoms with E-state index in [0.29, 0.717) is 10.5 Å². The van der Waals surface area contributed by atoms with E-state index in [0.717, 1.165) is 0 Å². The van der Waals surface area contributed by atoms with Crippen molar-refractivity contribution in [2.24, 2.45) is 0 Å². The number of aromatic nitrogens is 2. The van der Waals surface area contributed by atoms with Gasteiger partial charge < -0.3 is 15.6 Å². The van der Waals surface area contributed by atoms with Crippen molar-refractivity contribution in [1.29, 1.82) is 0 Å². The van der Waals surface area contributed by atoms with Gasteiger partial charge in [-0.15, -0.1) is 11.8 Å². The van der Waals surface area contributed by atoms with E-state index in [1.54, 1.807) is 30.7 Å². The van der Waals surface area contributed by atoms with Gasteiger partial charge in [0.25, 0.3) is 0 Å². The SMILES string of the molecule is CSc1nn2ccccc2c1[NH+]([O-])[O-]. The van der Waals surface area contributed by atoms with Gasteiger partial charge in [-0.1, -0.05) is 6.07 Å². The highest BCUT2D eigenvalue weighted by atomic mass is 32.2. The first-order chi connectivity index (χ1) is 6.74. The Morgan fingerprint density at radius 1 is 1.43 bits per heavy atom. The van der Waals surface area contributed by atoms with E-state index in [1.807, 2.05) is 0 Å². The number of pyridine rings is 1. The lowest BCUT2D eigenvalue weighted by atomic mass is 10.4. The maximum atomic E-state index is 10.9. The summed E-state index contributed by atoms with van der Waals surface area (Å²) in [6, 6.07) is 5.27. The number of thioether (sulfide) groups is 1. The third-order valence-electron chi connectivity index (χ3n) is 1.91. The Morgan fingerprint density at radius 2 is 2.21 bits per heavy atom. The molecule has 0 spiro atoms. The van der Waals surface area contributed by atoms with Crippen molar-refractivity contribution in [3.8, 4) is 0 Å². The average Bonchev–Trinajstić information content (AvgIpc) is 2.55. The molecule has 14 heavy (non-hydrogen) atoms. The zero-order valence-electron chi connectivity index (χ0n) is 7.43. The molecule has 0 aliphatic rings. The molecule has 0 unspecified atom stereocenters. The first kappa shape index (κ1) is 9.47. The summed E-state index contributed by atoms with van der Waals surface area (Å²) in [6.07, 6.45) is 3.50. The van der Waals surface area contributed by atoms with Crippen molar-refractivity contribution < 1.29 is 5.23 Å². The molecule has 0 atom stereocenters. The zero-order valence-corrected chi connectivity index (χ0v) is 8.25. The van der Waals surface area contributed by atoms with E-state index >= 15 is 0 Å². The Kier molecular flexibility index (Phi) is 2.42. The van der Waals surface area contributed by atoms with Crippen LogP contribution < -0.4 is 5.23 Å². The van der Waals surface area contributed by atoms with Crippen LogP contribution in [0.15, 0.2) is 29.4 Å². The second-order valence-electron chi connectivity index (χ2n) is 2.70. The minimum atomic E-state index is -1.18. The molecule has 0 amide bonds. The lowest BCUT2D eigenvalue weighted by molar-refractivity contribution is -0.716. The fraction of sp³-hybridized carbons (Fsp3) is 0.125. The number of nitrogens with zero attached hydrogens (tertiary/aromatic N) is 2. The van der Waals surface area contributed by atoms with Crippen LogP contribution >= 0.6 is 11.8 Å². The van der Waals surface area contributed by atoms with Crippen molar-refractivity contribution in [3.05, 3.63) is 34.8 Å². The fourth-order valence-electron chi connectivity index (χ4n) is 1.31. The molecule has 0 saturated heterocycles. The first-order valence-corrected chi connectivity index (χ1v) is 5.19. The van der Waals surface area contributed by atoms with Crippen LogP contribution in [0.5, 0.6) is 0 Å². The Labute approximate surface area is 84.5 Å². The number of hydrogen-bond donors (Lipinski definition) is 1. The van der Waals surface area contributed by atoms with Crippen LogP contribution in [0.1, 0.15) is 0 Å². The van der Waals surface area contributed by atoms with Crippen molar-refractivity contribution >= 4 is 23.0 Å². The molecule has 2 aromatic heterocycles. The minimum absolute atomic E-state index is 0.165. The van der Waals surface area contributed by atoms with Gasteiger partial charge in [0.05, 0.1) is 0 Å². The second-order valence-corrected chi connectivity index (χ2v) is 3.50. The number of nitrogens with one attached hydrogen (secondary N) is 1. The van der Waals surface area contributed by atoms with E-state index in [2.05, 4.69) is 5.10 Å². The molecular formula is C8H8N3O2S-. The van der Waals surface area contributed by atoms with Crippen LogP contribution in [0, 0.1) is 10.4 Å². The van der Waals surface area contributed by atoms with Gasteiger partial charge in [-0.05, 0) is 18.4 Å². The molecule has 5 nitrogen and oxygen atoms in total. The Morgan fingerprint density at radius 3 is 2.86 bits per heavy atom. The van der Waals surface area contributed by atoms with Gasteiger partial charge in [-0.25, -0.2) is 4.52 Å². The summed E-state index contributed by atoms with van der Waals surface area (Å²) in [5.74, 6) is 0. The van der Waals surface area contributed by atoms with E-state index in [-0.39, 0.29) is 5.69 Å². The summed E-state index contributed by atoms with van der Waals surface area (Å²) in [5, 5.41) is 25.2. The third kappa shape index (κ3) is 1.38. The number of fused-ring (bicyclic) bond motifs is 1. The summed E-state index contributed by atoms with van der Waals surface area (Å²) in [6.45, 7) is 0. The molecular weight excluding hydrogens is 202 g/mol. The topological polar surface area (TPSA) is 67.9 Å². The molecule has 74 valence electrons. The Hall–Kier alpha value is -1.08. The molecule has 0 fully saturated rings. The largest absolute Gasteiger partial charge is 0.628 e. The molecule has 0 saturated carbocycles. The van der Waals surface area contributed by atoms with Crippen LogP contribution in [-0.2, 0) is 0 Å². The van der Waals surface area contributed by atoms with Gasteiger partial charge in [0.1, 0.15) is 5.52 Å². The minimum Gasteiger partial charge on any atom is -0.628 e. The lowest BCUT2D eigenvalue weighted by Crippen LogP contribution is -2.96. The molecule has 1 N–H and O–H groups in total. The van der Waals surface area contributed by atoms with Crippen molar-refractivity contribution in [2.45, 2.75) is 5.03 Å². The van der Waals surface area contributed by atoms with Crippen LogP contribution in [0.25, 0.3) is 5.52 Å². The predicted octanol–water partition coefficient (Wildman–Crippen LogP) is 0.568. The average molecular weight is 210 g/mol.